The van der Waals surface area contributed by atoms with E-state index < -0.39 is 5.25 Å². The van der Waals surface area contributed by atoms with E-state index in [0.717, 1.165) is 16.0 Å². The Morgan fingerprint density at radius 2 is 1.96 bits per heavy atom. The number of rotatable bonds is 4. The highest BCUT2D eigenvalue weighted by atomic mass is 32.2. The zero-order valence-corrected chi connectivity index (χ0v) is 13.3. The Labute approximate surface area is 139 Å². The van der Waals surface area contributed by atoms with Crippen LogP contribution in [0.25, 0.3) is 6.08 Å². The van der Waals surface area contributed by atoms with Crippen LogP contribution in [0.4, 0.5) is 0 Å². The Balaban J connectivity index is 1.62. The third-order valence-corrected chi connectivity index (χ3v) is 4.94. The number of hydrogen-bond acceptors (Lipinski definition) is 4. The molecule has 1 aliphatic rings. The van der Waals surface area contributed by atoms with E-state index >= 15 is 0 Å². The predicted octanol–water partition coefficient (Wildman–Crippen LogP) is 4.12. The van der Waals surface area contributed by atoms with Crippen molar-refractivity contribution in [2.45, 2.75) is 23.2 Å². The lowest BCUT2D eigenvalue weighted by Crippen LogP contribution is -2.27. The van der Waals surface area contributed by atoms with Gasteiger partial charge in [-0.2, -0.15) is 0 Å². The molecule has 4 heteroatoms. The molecule has 1 unspecified atom stereocenters. The average Bonchev–Trinajstić information content (AvgIpc) is 2.60. The summed E-state index contributed by atoms with van der Waals surface area (Å²) in [4.78, 5) is 25.2. The van der Waals surface area contributed by atoms with Crippen molar-refractivity contribution in [1.82, 2.24) is 0 Å². The van der Waals surface area contributed by atoms with Gasteiger partial charge in [0.05, 0.1) is 0 Å². The lowest BCUT2D eigenvalue weighted by atomic mass is 10.1. The number of hydrogen-bond donors (Lipinski definition) is 0. The maximum Gasteiger partial charge on any atom is 0.320 e. The zero-order chi connectivity index (χ0) is 16.2. The number of fused-ring (bicyclic) bond motifs is 1. The van der Waals surface area contributed by atoms with E-state index in [0.29, 0.717) is 5.56 Å². The van der Waals surface area contributed by atoms with Crippen molar-refractivity contribution in [2.75, 3.05) is 0 Å². The van der Waals surface area contributed by atoms with Crippen LogP contribution in [0.1, 0.15) is 27.9 Å². The molecule has 3 rings (SSSR count). The molecule has 0 bridgehead atoms. The first-order valence-corrected chi connectivity index (χ1v) is 8.22. The predicted molar refractivity (Wildman–Crippen MR) is 91.4 cm³/mol. The van der Waals surface area contributed by atoms with Gasteiger partial charge >= 0.3 is 5.97 Å². The summed E-state index contributed by atoms with van der Waals surface area (Å²) in [6.07, 6.45) is 1.95. The summed E-state index contributed by atoms with van der Waals surface area (Å²) in [6.45, 7) is 3.91. The smallest absolute Gasteiger partial charge is 0.320 e. The number of ether oxygens (including phenoxy) is 1. The van der Waals surface area contributed by atoms with Gasteiger partial charge in [0.15, 0.2) is 5.78 Å². The molecular formula is C19H16O3S. The Kier molecular flexibility index (Phi) is 4.63. The van der Waals surface area contributed by atoms with Crippen LogP contribution in [0.5, 0.6) is 0 Å². The van der Waals surface area contributed by atoms with Crippen molar-refractivity contribution in [2.24, 2.45) is 0 Å². The van der Waals surface area contributed by atoms with Crippen molar-refractivity contribution >= 4 is 29.6 Å². The number of carbonyl (C=O) groups excluding carboxylic acids is 2. The van der Waals surface area contributed by atoms with Crippen LogP contribution >= 0.6 is 11.8 Å². The third kappa shape index (κ3) is 3.54. The molecule has 0 saturated heterocycles. The molecule has 2 aromatic rings. The molecule has 3 nitrogen and oxygen atoms in total. The normalized spacial score (nSPS) is 16.5. The van der Waals surface area contributed by atoms with E-state index in [4.69, 9.17) is 4.74 Å². The largest absolute Gasteiger partial charge is 0.460 e. The Morgan fingerprint density at radius 3 is 2.70 bits per heavy atom. The van der Waals surface area contributed by atoms with E-state index in [9.17, 15) is 9.59 Å². The first-order chi connectivity index (χ1) is 11.2. The highest BCUT2D eigenvalue weighted by Crippen LogP contribution is 2.35. The molecule has 0 amide bonds. The van der Waals surface area contributed by atoms with Crippen LogP contribution in [-0.2, 0) is 16.1 Å². The molecule has 1 heterocycles. The molecule has 0 fully saturated rings. The van der Waals surface area contributed by atoms with Gasteiger partial charge in [0.25, 0.3) is 0 Å². The van der Waals surface area contributed by atoms with Gasteiger partial charge in [-0.05, 0) is 17.2 Å². The number of carbonyl (C=O) groups is 2. The summed E-state index contributed by atoms with van der Waals surface area (Å²) in [7, 11) is 0. The molecule has 0 N–H and O–H groups in total. The Bertz CT molecular complexity index is 749. The summed E-state index contributed by atoms with van der Waals surface area (Å²) in [5.41, 5.74) is 2.63. The summed E-state index contributed by atoms with van der Waals surface area (Å²) >= 11 is 1.40. The van der Waals surface area contributed by atoms with E-state index in [1.165, 1.54) is 11.8 Å². The van der Waals surface area contributed by atoms with Crippen LogP contribution in [0.2, 0.25) is 0 Å². The first kappa shape index (κ1) is 15.6. The van der Waals surface area contributed by atoms with E-state index in [1.54, 1.807) is 12.1 Å². The molecule has 23 heavy (non-hydrogen) atoms. The van der Waals surface area contributed by atoms with Gasteiger partial charge in [-0.1, -0.05) is 55.1 Å². The highest BCUT2D eigenvalue weighted by Gasteiger charge is 2.31. The lowest BCUT2D eigenvalue weighted by Gasteiger charge is -2.21. The van der Waals surface area contributed by atoms with Crippen molar-refractivity contribution in [1.29, 1.82) is 0 Å². The molecule has 1 aliphatic heterocycles. The average molecular weight is 324 g/mol. The second-order valence-electron chi connectivity index (χ2n) is 5.28. The standard InChI is InChI=1S/C19H16O3S/c1-2-13-7-9-14(10-8-13)12-22-19(21)18-11-16(20)15-5-3-4-6-17(15)23-18/h2-10,18H,1,11-12H2. The van der Waals surface area contributed by atoms with Crippen molar-refractivity contribution in [3.8, 4) is 0 Å². The number of thioether (sulfide) groups is 1. The second-order valence-corrected chi connectivity index (χ2v) is 6.53. The quantitative estimate of drug-likeness (QED) is 0.794. The molecule has 0 aliphatic carbocycles. The second kappa shape index (κ2) is 6.84. The SMILES string of the molecule is C=Cc1ccc(COC(=O)C2CC(=O)c3ccccc3S2)cc1. The first-order valence-electron chi connectivity index (χ1n) is 7.34. The topological polar surface area (TPSA) is 43.4 Å². The van der Waals surface area contributed by atoms with Gasteiger partial charge in [0.2, 0.25) is 0 Å². The van der Waals surface area contributed by atoms with Crippen LogP contribution in [-0.4, -0.2) is 17.0 Å². The van der Waals surface area contributed by atoms with Crippen LogP contribution in [0, 0.1) is 0 Å². The minimum Gasteiger partial charge on any atom is -0.460 e. The van der Waals surface area contributed by atoms with E-state index in [-0.39, 0.29) is 24.8 Å². The monoisotopic (exact) mass is 324 g/mol. The molecule has 2 aromatic carbocycles. The molecule has 1 atom stereocenters. The van der Waals surface area contributed by atoms with Gasteiger partial charge in [0.1, 0.15) is 11.9 Å². The lowest BCUT2D eigenvalue weighted by molar-refractivity contribution is -0.144. The number of benzene rings is 2. The molecule has 0 saturated carbocycles. The van der Waals surface area contributed by atoms with Gasteiger partial charge in [-0.15, -0.1) is 11.8 Å². The summed E-state index contributed by atoms with van der Waals surface area (Å²) in [5, 5.41) is -0.468. The maximum atomic E-state index is 12.2. The number of ketones is 1. The fourth-order valence-electron chi connectivity index (χ4n) is 2.40. The molecule has 116 valence electrons. The molecular weight excluding hydrogens is 308 g/mol. The van der Waals surface area contributed by atoms with Crippen LogP contribution in [0.3, 0.4) is 0 Å². The fourth-order valence-corrected chi connectivity index (χ4v) is 3.57. The fraction of sp³-hybridized carbons (Fsp3) is 0.158. The summed E-state index contributed by atoms with van der Waals surface area (Å²) in [6, 6.07) is 15.0. The number of Topliss-reactive ketones (excluding diaryl/α,β-unsaturated/α-hetero) is 1. The number of esters is 1. The molecule has 0 spiro atoms. The van der Waals surface area contributed by atoms with Gasteiger partial charge < -0.3 is 4.74 Å². The van der Waals surface area contributed by atoms with E-state index in [2.05, 4.69) is 6.58 Å². The maximum absolute atomic E-state index is 12.2. The van der Waals surface area contributed by atoms with Gasteiger partial charge in [-0.25, -0.2) is 0 Å². The van der Waals surface area contributed by atoms with Crippen LogP contribution < -0.4 is 0 Å². The summed E-state index contributed by atoms with van der Waals surface area (Å²) in [5.74, 6) is -0.345. The van der Waals surface area contributed by atoms with Crippen molar-refractivity contribution in [3.63, 3.8) is 0 Å². The van der Waals surface area contributed by atoms with Gasteiger partial charge in [0, 0.05) is 16.9 Å². The van der Waals surface area contributed by atoms with Crippen molar-refractivity contribution < 1.29 is 14.3 Å². The van der Waals surface area contributed by atoms with Crippen molar-refractivity contribution in [3.05, 3.63) is 71.8 Å². The molecule has 0 radical (unpaired) electrons. The Hall–Kier alpha value is -2.33. The summed E-state index contributed by atoms with van der Waals surface area (Å²) < 4.78 is 5.37. The Morgan fingerprint density at radius 1 is 1.22 bits per heavy atom. The minimum atomic E-state index is -0.468. The van der Waals surface area contributed by atoms with Gasteiger partial charge in [-0.3, -0.25) is 9.59 Å². The van der Waals surface area contributed by atoms with Crippen LogP contribution in [0.15, 0.2) is 60.0 Å². The molecule has 0 aromatic heterocycles. The highest BCUT2D eigenvalue weighted by molar-refractivity contribution is 8.00. The third-order valence-electron chi connectivity index (χ3n) is 3.69. The minimum absolute atomic E-state index is 0.00311. The zero-order valence-electron chi connectivity index (χ0n) is 12.5. The van der Waals surface area contributed by atoms with E-state index in [1.807, 2.05) is 42.5 Å².